The minimum absolute atomic E-state index is 0.0567. The largest absolute Gasteiger partial charge is 0.439 e. The Morgan fingerprint density at radius 1 is 1.00 bits per heavy atom. The van der Waals surface area contributed by atoms with Gasteiger partial charge in [-0.1, -0.05) is 0 Å². The van der Waals surface area contributed by atoms with Gasteiger partial charge in [-0.25, -0.2) is 4.79 Å². The molecule has 2 fully saturated rings. The molecular formula is C14H11F6NO2. The summed E-state index contributed by atoms with van der Waals surface area (Å²) in [5.74, 6) is 0. The van der Waals surface area contributed by atoms with Gasteiger partial charge in [0.1, 0.15) is 0 Å². The number of carbonyl (C=O) groups excluding carboxylic acids is 1. The predicted molar refractivity (Wildman–Crippen MR) is 65.4 cm³/mol. The van der Waals surface area contributed by atoms with Gasteiger partial charge in [0.25, 0.3) is 0 Å². The van der Waals surface area contributed by atoms with Gasteiger partial charge in [0, 0.05) is 0 Å². The first kappa shape index (κ1) is 15.9. The summed E-state index contributed by atoms with van der Waals surface area (Å²) < 4.78 is 82.3. The summed E-state index contributed by atoms with van der Waals surface area (Å²) in [4.78, 5) is 11.4. The number of amides is 1. The Morgan fingerprint density at radius 2 is 1.52 bits per heavy atom. The number of rotatable bonds is 1. The van der Waals surface area contributed by atoms with Crippen LogP contribution in [-0.4, -0.2) is 11.6 Å². The zero-order chi connectivity index (χ0) is 17.0. The molecule has 1 saturated heterocycles. The number of cyclic esters (lactones) is 1. The van der Waals surface area contributed by atoms with Crippen LogP contribution in [0.5, 0.6) is 0 Å². The Hall–Kier alpha value is -1.93. The Morgan fingerprint density at radius 3 is 1.91 bits per heavy atom. The van der Waals surface area contributed by atoms with Crippen LogP contribution in [0.4, 0.5) is 31.1 Å². The second kappa shape index (κ2) is 4.78. The molecule has 1 aromatic carbocycles. The van der Waals surface area contributed by atoms with Gasteiger partial charge < -0.3 is 10.1 Å². The number of carbonyl (C=O) groups is 1. The number of halogens is 6. The van der Waals surface area contributed by atoms with Crippen LogP contribution < -0.4 is 5.32 Å². The van der Waals surface area contributed by atoms with Crippen molar-refractivity contribution in [1.82, 2.24) is 5.32 Å². The molecule has 9 heteroatoms. The van der Waals surface area contributed by atoms with Crippen molar-refractivity contribution in [3.05, 3.63) is 34.9 Å². The van der Waals surface area contributed by atoms with Gasteiger partial charge in [0.15, 0.2) is 6.10 Å². The first-order valence-corrected chi connectivity index (χ1v) is 6.79. The van der Waals surface area contributed by atoms with E-state index in [4.69, 9.17) is 4.74 Å². The van der Waals surface area contributed by atoms with Gasteiger partial charge in [0.2, 0.25) is 0 Å². The van der Waals surface area contributed by atoms with Crippen LogP contribution >= 0.6 is 0 Å². The Labute approximate surface area is 126 Å². The number of hydrogen-bond acceptors (Lipinski definition) is 2. The van der Waals surface area contributed by atoms with E-state index in [2.05, 4.69) is 5.32 Å². The molecule has 0 aromatic heterocycles. The van der Waals surface area contributed by atoms with E-state index in [-0.39, 0.29) is 11.6 Å². The number of alkyl halides is 6. The van der Waals surface area contributed by atoms with E-state index in [0.717, 1.165) is 0 Å². The van der Waals surface area contributed by atoms with E-state index in [1.54, 1.807) is 0 Å². The summed E-state index contributed by atoms with van der Waals surface area (Å²) in [6.07, 6.45) is -10.3. The Kier molecular flexibility index (Phi) is 3.32. The minimum Gasteiger partial charge on any atom is -0.439 e. The van der Waals surface area contributed by atoms with Crippen LogP contribution in [0.3, 0.4) is 0 Å². The molecule has 1 amide bonds. The molecule has 1 unspecified atom stereocenters. The van der Waals surface area contributed by atoms with E-state index in [1.165, 1.54) is 0 Å². The van der Waals surface area contributed by atoms with Gasteiger partial charge in [-0.05, 0) is 43.0 Å². The quantitative estimate of drug-likeness (QED) is 0.769. The lowest BCUT2D eigenvalue weighted by Crippen LogP contribution is -2.50. The Balaban J connectivity index is 2.10. The van der Waals surface area contributed by atoms with Crippen LogP contribution in [-0.2, 0) is 17.1 Å². The molecule has 23 heavy (non-hydrogen) atoms. The number of ether oxygens (including phenoxy) is 1. The molecule has 1 aliphatic heterocycles. The van der Waals surface area contributed by atoms with Crippen LogP contribution in [0.1, 0.15) is 42.1 Å². The molecule has 1 atom stereocenters. The van der Waals surface area contributed by atoms with Gasteiger partial charge in [0.05, 0.1) is 16.7 Å². The summed E-state index contributed by atoms with van der Waals surface area (Å²) in [5.41, 5.74) is -4.05. The molecule has 126 valence electrons. The fraction of sp³-hybridized carbons (Fsp3) is 0.500. The minimum atomic E-state index is -4.93. The van der Waals surface area contributed by atoms with E-state index in [0.29, 0.717) is 31.4 Å². The van der Waals surface area contributed by atoms with Crippen LogP contribution in [0.2, 0.25) is 0 Å². The topological polar surface area (TPSA) is 38.3 Å². The highest BCUT2D eigenvalue weighted by atomic mass is 19.4. The molecule has 0 bridgehead atoms. The second-order valence-corrected chi connectivity index (χ2v) is 5.76. The smallest absolute Gasteiger partial charge is 0.416 e. The van der Waals surface area contributed by atoms with Gasteiger partial charge >= 0.3 is 18.4 Å². The third-order valence-electron chi connectivity index (χ3n) is 4.24. The van der Waals surface area contributed by atoms with Crippen molar-refractivity contribution in [2.45, 2.75) is 43.3 Å². The van der Waals surface area contributed by atoms with Crippen molar-refractivity contribution in [1.29, 1.82) is 0 Å². The Bertz CT molecular complexity index is 615. The zero-order valence-electron chi connectivity index (χ0n) is 11.5. The van der Waals surface area contributed by atoms with Gasteiger partial charge in [-0.2, -0.15) is 26.3 Å². The standard InChI is InChI=1S/C14H11F6NO2/c15-13(16,17)8-4-7(5-9(6-8)14(18,19)20)10-12(2-1-3-12)21-11(22)23-10/h4-6,10H,1-3H2,(H,21,22). The summed E-state index contributed by atoms with van der Waals surface area (Å²) in [6.45, 7) is 0. The molecule has 2 aliphatic rings. The average molecular weight is 339 g/mol. The highest BCUT2D eigenvalue weighted by molar-refractivity contribution is 5.72. The third-order valence-corrected chi connectivity index (χ3v) is 4.24. The third kappa shape index (κ3) is 2.72. The first-order valence-electron chi connectivity index (χ1n) is 6.79. The summed E-state index contributed by atoms with van der Waals surface area (Å²) >= 11 is 0. The van der Waals surface area contributed by atoms with Crippen LogP contribution in [0, 0.1) is 0 Å². The molecule has 1 N–H and O–H groups in total. The highest BCUT2D eigenvalue weighted by Crippen LogP contribution is 2.49. The maximum Gasteiger partial charge on any atom is 0.416 e. The summed E-state index contributed by atoms with van der Waals surface area (Å²) in [6, 6.07) is 1.28. The number of nitrogens with one attached hydrogen (secondary N) is 1. The molecule has 3 nitrogen and oxygen atoms in total. The lowest BCUT2D eigenvalue weighted by molar-refractivity contribution is -0.143. The molecule has 1 aromatic rings. The lowest BCUT2D eigenvalue weighted by Gasteiger charge is -2.40. The monoisotopic (exact) mass is 339 g/mol. The molecule has 3 rings (SSSR count). The fourth-order valence-corrected chi connectivity index (χ4v) is 2.98. The maximum atomic E-state index is 12.9. The van der Waals surface area contributed by atoms with Gasteiger partial charge in [-0.15, -0.1) is 0 Å². The van der Waals surface area contributed by atoms with Crippen molar-refractivity contribution in [2.24, 2.45) is 0 Å². The molecule has 1 heterocycles. The summed E-state index contributed by atoms with van der Waals surface area (Å²) in [5, 5.41) is 2.51. The van der Waals surface area contributed by atoms with Crippen molar-refractivity contribution < 1.29 is 35.9 Å². The predicted octanol–water partition coefficient (Wildman–Crippen LogP) is 4.43. The van der Waals surface area contributed by atoms with Crippen molar-refractivity contribution in [3.8, 4) is 0 Å². The van der Waals surface area contributed by atoms with E-state index >= 15 is 0 Å². The SMILES string of the molecule is O=C1NC2(CCC2)C(c2cc(C(F)(F)F)cc(C(F)(F)F)c2)O1. The average Bonchev–Trinajstić information content (AvgIpc) is 2.74. The van der Waals surface area contributed by atoms with E-state index in [1.807, 2.05) is 0 Å². The fourth-order valence-electron chi connectivity index (χ4n) is 2.98. The maximum absolute atomic E-state index is 12.9. The van der Waals surface area contributed by atoms with E-state index < -0.39 is 41.2 Å². The molecule has 0 radical (unpaired) electrons. The first-order chi connectivity index (χ1) is 10.5. The molecule has 1 spiro atoms. The molecule has 1 saturated carbocycles. The highest BCUT2D eigenvalue weighted by Gasteiger charge is 2.54. The molecule has 1 aliphatic carbocycles. The normalized spacial score (nSPS) is 23.4. The van der Waals surface area contributed by atoms with Crippen molar-refractivity contribution in [3.63, 3.8) is 0 Å². The lowest BCUT2D eigenvalue weighted by atomic mass is 9.71. The number of benzene rings is 1. The van der Waals surface area contributed by atoms with Crippen molar-refractivity contribution in [2.75, 3.05) is 0 Å². The van der Waals surface area contributed by atoms with Gasteiger partial charge in [-0.3, -0.25) is 0 Å². The summed E-state index contributed by atoms with van der Waals surface area (Å²) in [7, 11) is 0. The number of hydrogen-bond donors (Lipinski definition) is 1. The van der Waals surface area contributed by atoms with Crippen LogP contribution in [0.25, 0.3) is 0 Å². The number of alkyl carbamates (subject to hydrolysis) is 1. The second-order valence-electron chi connectivity index (χ2n) is 5.76. The van der Waals surface area contributed by atoms with E-state index in [9.17, 15) is 31.1 Å². The zero-order valence-corrected chi connectivity index (χ0v) is 11.5. The van der Waals surface area contributed by atoms with Crippen LogP contribution in [0.15, 0.2) is 18.2 Å². The molecular weight excluding hydrogens is 328 g/mol. The van der Waals surface area contributed by atoms with Crippen molar-refractivity contribution >= 4 is 6.09 Å².